The molecule has 4 heteroatoms. The molecule has 0 amide bonds. The Hall–Kier alpha value is -15.0. The van der Waals surface area contributed by atoms with Gasteiger partial charge in [0.1, 0.15) is 0 Å². The van der Waals surface area contributed by atoms with Crippen LogP contribution >= 0.6 is 22.7 Å². The second-order valence-corrected chi connectivity index (χ2v) is 43.0. The molecule has 0 aliphatic carbocycles. The molecule has 0 aliphatic heterocycles. The molecule has 2 heterocycles. The van der Waals surface area contributed by atoms with E-state index in [4.69, 9.17) is 0 Å². The largest absolute Gasteiger partial charge is 0.310 e. The van der Waals surface area contributed by atoms with E-state index >= 15 is 0 Å². The Bertz CT molecular complexity index is 8650. The highest BCUT2D eigenvalue weighted by atomic mass is 32.1. The first-order valence-corrected chi connectivity index (χ1v) is 49.5. The summed E-state index contributed by atoms with van der Waals surface area (Å²) in [5.41, 5.74) is 31.5. The first kappa shape index (κ1) is 85.2. The van der Waals surface area contributed by atoms with Gasteiger partial charge in [0, 0.05) is 74.2 Å². The Balaban J connectivity index is 0.619. The first-order chi connectivity index (χ1) is 66.0. The molecule has 0 bridgehead atoms. The van der Waals surface area contributed by atoms with Crippen molar-refractivity contribution in [2.45, 2.75) is 104 Å². The zero-order valence-corrected chi connectivity index (χ0v) is 80.5. The summed E-state index contributed by atoms with van der Waals surface area (Å²) in [7, 11) is 0. The predicted molar refractivity (Wildman–Crippen MR) is 592 cm³/mol. The molecule has 2 nitrogen and oxygen atoms in total. The van der Waals surface area contributed by atoms with Gasteiger partial charge in [-0.1, -0.05) is 416 Å². The average molecular weight is 1780 g/mol. The second kappa shape index (κ2) is 33.8. The van der Waals surface area contributed by atoms with Gasteiger partial charge < -0.3 is 9.80 Å². The lowest BCUT2D eigenvalue weighted by atomic mass is 9.74. The number of thiophene rings is 2. The maximum atomic E-state index is 2.53. The minimum absolute atomic E-state index is 0.0562. The molecule has 0 spiro atoms. The van der Waals surface area contributed by atoms with Crippen LogP contribution in [0.3, 0.4) is 0 Å². The molecule has 0 fully saturated rings. The monoisotopic (exact) mass is 1780 g/mol. The van der Waals surface area contributed by atoms with Crippen LogP contribution in [0.5, 0.6) is 0 Å². The average Bonchev–Trinajstić information content (AvgIpc) is 0.818. The summed E-state index contributed by atoms with van der Waals surface area (Å²) in [6, 6.07) is 163. The van der Waals surface area contributed by atoms with E-state index in [1.54, 1.807) is 0 Å². The fraction of sp³-hybridized carbons (Fsp3) is 0.121. The van der Waals surface area contributed by atoms with Gasteiger partial charge in [-0.25, -0.2) is 0 Å². The smallest absolute Gasteiger partial charge is 0.0540 e. The molecule has 23 rings (SSSR count). The molecule has 0 saturated carbocycles. The SMILES string of the molecule is CC(C)(C)c1cc(-c2cccc3cccc(-c4ccccc4N(c4cccc(-c5cccc6c5ccc5c(CC(C)(C)c7cc(-c8cccc9cccc(-c%10ccccc%10N(c%10ccc(-c%11ccc%12ccccc%12c%11)cc%10)c%10cccc(-c%11cccc%12sc%13ccccc%13c%11%12)c%10)c89)cc(C(C)(C)C)c7)cccc56)c4)c4cccc(-c5cccc6sc7ccccc7c56)c4)c23)cc(C(C)(C)C)c1. The fourth-order valence-corrected chi connectivity index (χ4v) is 23.6. The van der Waals surface area contributed by atoms with Gasteiger partial charge in [0.25, 0.3) is 0 Å². The highest BCUT2D eigenvalue weighted by Gasteiger charge is 2.31. The van der Waals surface area contributed by atoms with E-state index in [0.717, 1.165) is 57.2 Å². The predicted octanol–water partition coefficient (Wildman–Crippen LogP) is 38.9. The molecule has 0 radical (unpaired) electrons. The van der Waals surface area contributed by atoms with Crippen LogP contribution in [0.15, 0.2) is 431 Å². The highest BCUT2D eigenvalue weighted by Crippen LogP contribution is 2.53. The number of fused-ring (bicyclic) bond motifs is 12. The summed E-state index contributed by atoms with van der Waals surface area (Å²) in [4.78, 5) is 5.02. The lowest BCUT2D eigenvalue weighted by Gasteiger charge is -2.30. The fourth-order valence-electron chi connectivity index (χ4n) is 21.3. The molecule has 0 atom stereocenters. The van der Waals surface area contributed by atoms with E-state index in [-0.39, 0.29) is 21.7 Å². The topological polar surface area (TPSA) is 6.48 Å². The van der Waals surface area contributed by atoms with Gasteiger partial charge in [0.15, 0.2) is 0 Å². The Morgan fingerprint density at radius 2 is 0.544 bits per heavy atom. The van der Waals surface area contributed by atoms with Crippen molar-refractivity contribution in [1.29, 1.82) is 0 Å². The number of rotatable bonds is 17. The molecule has 23 aromatic rings. The lowest BCUT2D eigenvalue weighted by molar-refractivity contribution is 0.519. The van der Waals surface area contributed by atoms with Gasteiger partial charge in [-0.2, -0.15) is 0 Å². The molecular formula is C132H106N2S2. The van der Waals surface area contributed by atoms with Crippen LogP contribution in [0.25, 0.3) is 183 Å². The Morgan fingerprint density at radius 1 is 0.191 bits per heavy atom. The third-order valence-electron chi connectivity index (χ3n) is 28.4. The molecule has 136 heavy (non-hydrogen) atoms. The second-order valence-electron chi connectivity index (χ2n) is 40.8. The minimum atomic E-state index is -0.317. The molecule has 656 valence electrons. The van der Waals surface area contributed by atoms with E-state index in [0.29, 0.717) is 0 Å². The van der Waals surface area contributed by atoms with Gasteiger partial charge in [0.05, 0.1) is 11.4 Å². The van der Waals surface area contributed by atoms with Crippen molar-refractivity contribution in [3.05, 3.63) is 459 Å². The molecule has 21 aromatic carbocycles. The van der Waals surface area contributed by atoms with Crippen molar-refractivity contribution in [2.24, 2.45) is 0 Å². The Labute approximate surface area is 806 Å². The van der Waals surface area contributed by atoms with Crippen LogP contribution in [-0.4, -0.2) is 0 Å². The minimum Gasteiger partial charge on any atom is -0.310 e. The van der Waals surface area contributed by atoms with E-state index in [1.807, 2.05) is 22.7 Å². The van der Waals surface area contributed by atoms with Crippen molar-refractivity contribution in [1.82, 2.24) is 0 Å². The number of hydrogen-bond acceptors (Lipinski definition) is 4. The van der Waals surface area contributed by atoms with Crippen molar-refractivity contribution in [3.63, 3.8) is 0 Å². The highest BCUT2D eigenvalue weighted by molar-refractivity contribution is 7.26. The summed E-state index contributed by atoms with van der Waals surface area (Å²) in [5, 5.41) is 17.5. The van der Waals surface area contributed by atoms with E-state index < -0.39 is 0 Å². The normalized spacial score (nSPS) is 12.3. The maximum Gasteiger partial charge on any atom is 0.0540 e. The Morgan fingerprint density at radius 3 is 1.06 bits per heavy atom. The summed E-state index contributed by atoms with van der Waals surface area (Å²) in [6.07, 6.45) is 0.818. The van der Waals surface area contributed by atoms with Crippen LogP contribution < -0.4 is 9.80 Å². The van der Waals surface area contributed by atoms with E-state index in [1.165, 1.54) is 194 Å². The maximum absolute atomic E-state index is 2.53. The van der Waals surface area contributed by atoms with Gasteiger partial charge >= 0.3 is 0 Å². The zero-order chi connectivity index (χ0) is 92.5. The number of hydrogen-bond donors (Lipinski definition) is 0. The molecular weight excluding hydrogens is 1680 g/mol. The van der Waals surface area contributed by atoms with Crippen LogP contribution in [-0.2, 0) is 28.1 Å². The van der Waals surface area contributed by atoms with Gasteiger partial charge in [-0.05, 0) is 279 Å². The van der Waals surface area contributed by atoms with Gasteiger partial charge in [-0.15, -0.1) is 22.7 Å². The molecule has 0 saturated heterocycles. The van der Waals surface area contributed by atoms with Crippen LogP contribution in [0.4, 0.5) is 34.1 Å². The van der Waals surface area contributed by atoms with Crippen molar-refractivity contribution < 1.29 is 0 Å². The molecule has 0 N–H and O–H groups in total. The number of para-hydroxylation sites is 2. The summed E-state index contributed by atoms with van der Waals surface area (Å²) in [6.45, 7) is 26.1. The first-order valence-electron chi connectivity index (χ1n) is 47.9. The van der Waals surface area contributed by atoms with Crippen LogP contribution in [0, 0.1) is 0 Å². The Kier molecular flexibility index (Phi) is 21.2. The summed E-state index contributed by atoms with van der Waals surface area (Å²) < 4.78 is 5.17. The quantitative estimate of drug-likeness (QED) is 0.0839. The van der Waals surface area contributed by atoms with Gasteiger partial charge in [0.2, 0.25) is 0 Å². The number of anilines is 6. The zero-order valence-electron chi connectivity index (χ0n) is 78.9. The molecule has 0 unspecified atom stereocenters. The summed E-state index contributed by atoms with van der Waals surface area (Å²) in [5.74, 6) is 0. The van der Waals surface area contributed by atoms with Crippen molar-refractivity contribution >= 4 is 151 Å². The van der Waals surface area contributed by atoms with Gasteiger partial charge in [-0.3, -0.25) is 0 Å². The third-order valence-corrected chi connectivity index (χ3v) is 30.7. The van der Waals surface area contributed by atoms with Crippen molar-refractivity contribution in [3.8, 4) is 89.0 Å². The third kappa shape index (κ3) is 15.5. The molecule has 2 aromatic heterocycles. The van der Waals surface area contributed by atoms with E-state index in [9.17, 15) is 0 Å². The lowest BCUT2D eigenvalue weighted by Crippen LogP contribution is -2.22. The number of benzene rings is 21. The van der Waals surface area contributed by atoms with Crippen LogP contribution in [0.1, 0.15) is 104 Å². The van der Waals surface area contributed by atoms with Crippen molar-refractivity contribution in [2.75, 3.05) is 9.80 Å². The number of nitrogens with zero attached hydrogens (tertiary/aromatic N) is 2. The van der Waals surface area contributed by atoms with E-state index in [2.05, 4.69) is 517 Å². The summed E-state index contributed by atoms with van der Waals surface area (Å²) >= 11 is 3.74. The van der Waals surface area contributed by atoms with Crippen LogP contribution in [0.2, 0.25) is 0 Å². The standard InChI is InChI=1S/C132H106N2S2/c1-129(2,3)96-74-94(75-97(81-96)130(4,5)6)108-51-25-35-86-37-28-58-116(125(86)108)114-47-15-19-60-120(114)134(103-45-24-41-92(80-103)107-54-32-64-124-128(107)118-49-17-21-62-122(118)136-124)102-44-22-39-90(78-102)104-50-30-56-111-110-55-29-42-93(105(110)71-72-112(104)111)83-132(10,11)99-77-95(76-98(82-99)131(7,8)9)109-52-26-36-87-38-27-57-115(126(87)109)113-46-14-18-59-119(113)133(100-69-67-85(68-70-100)89-66-65-84-33-12-13-34-88(84)73-89)101-43-23-40-91(79-101)106-53-31-63-123-127(106)117-48-16-20-61-121(117)135-123/h12-82H,83H2,1-11H3. The molecule has 0 aliphatic rings.